The zero-order chi connectivity index (χ0) is 11.4. The SMILES string of the molecule is CC(C)CCC1CC(C)CCC1C(=O)O. The van der Waals surface area contributed by atoms with E-state index in [-0.39, 0.29) is 5.92 Å². The van der Waals surface area contributed by atoms with Crippen LogP contribution < -0.4 is 0 Å². The second-order valence-corrected chi connectivity index (χ2v) is 5.59. The summed E-state index contributed by atoms with van der Waals surface area (Å²) in [5, 5.41) is 9.16. The summed E-state index contributed by atoms with van der Waals surface area (Å²) in [7, 11) is 0. The van der Waals surface area contributed by atoms with E-state index in [1.165, 1.54) is 6.42 Å². The van der Waals surface area contributed by atoms with E-state index in [1.54, 1.807) is 0 Å². The van der Waals surface area contributed by atoms with E-state index >= 15 is 0 Å². The number of rotatable bonds is 4. The topological polar surface area (TPSA) is 37.3 Å². The molecule has 0 spiro atoms. The fraction of sp³-hybridized carbons (Fsp3) is 0.923. The van der Waals surface area contributed by atoms with Gasteiger partial charge in [-0.2, -0.15) is 0 Å². The molecular weight excluding hydrogens is 188 g/mol. The molecule has 1 aliphatic rings. The van der Waals surface area contributed by atoms with Crippen LogP contribution in [0, 0.1) is 23.7 Å². The molecular formula is C13H24O2. The van der Waals surface area contributed by atoms with Crippen molar-refractivity contribution in [1.82, 2.24) is 0 Å². The quantitative estimate of drug-likeness (QED) is 0.773. The summed E-state index contributed by atoms with van der Waals surface area (Å²) in [5.41, 5.74) is 0. The number of aliphatic carboxylic acids is 1. The fourth-order valence-electron chi connectivity index (χ4n) is 2.69. The van der Waals surface area contributed by atoms with E-state index < -0.39 is 5.97 Å². The number of carboxylic acids is 1. The van der Waals surface area contributed by atoms with Crippen molar-refractivity contribution in [1.29, 1.82) is 0 Å². The van der Waals surface area contributed by atoms with Crippen LogP contribution in [0.2, 0.25) is 0 Å². The summed E-state index contributed by atoms with van der Waals surface area (Å²) in [4.78, 5) is 11.1. The Morgan fingerprint density at radius 2 is 2.07 bits per heavy atom. The first kappa shape index (κ1) is 12.5. The van der Waals surface area contributed by atoms with E-state index in [0.717, 1.165) is 31.6 Å². The minimum absolute atomic E-state index is 0.0695. The molecule has 0 aromatic carbocycles. The summed E-state index contributed by atoms with van der Waals surface area (Å²) in [6, 6.07) is 0. The highest BCUT2D eigenvalue weighted by molar-refractivity contribution is 5.70. The number of carboxylic acid groups (broad SMARTS) is 1. The van der Waals surface area contributed by atoms with Crippen molar-refractivity contribution < 1.29 is 9.90 Å². The molecule has 1 fully saturated rings. The van der Waals surface area contributed by atoms with Crippen LogP contribution in [0.5, 0.6) is 0 Å². The normalized spacial score (nSPS) is 31.9. The molecule has 1 saturated carbocycles. The van der Waals surface area contributed by atoms with Gasteiger partial charge in [0.15, 0.2) is 0 Å². The molecule has 1 N–H and O–H groups in total. The first-order valence-electron chi connectivity index (χ1n) is 6.23. The van der Waals surface area contributed by atoms with E-state index in [1.807, 2.05) is 0 Å². The molecule has 2 nitrogen and oxygen atoms in total. The largest absolute Gasteiger partial charge is 0.481 e. The lowest BCUT2D eigenvalue weighted by Gasteiger charge is -2.32. The molecule has 0 heterocycles. The lowest BCUT2D eigenvalue weighted by atomic mass is 9.72. The second kappa shape index (κ2) is 5.53. The van der Waals surface area contributed by atoms with Gasteiger partial charge in [-0.25, -0.2) is 0 Å². The molecule has 2 heteroatoms. The van der Waals surface area contributed by atoms with Gasteiger partial charge in [0.1, 0.15) is 0 Å². The first-order chi connectivity index (χ1) is 7.00. The Balaban J connectivity index is 2.50. The first-order valence-corrected chi connectivity index (χ1v) is 6.23. The van der Waals surface area contributed by atoms with E-state index in [2.05, 4.69) is 20.8 Å². The minimum Gasteiger partial charge on any atom is -0.481 e. The monoisotopic (exact) mass is 212 g/mol. The molecule has 3 atom stereocenters. The zero-order valence-corrected chi connectivity index (χ0v) is 10.2. The van der Waals surface area contributed by atoms with Gasteiger partial charge < -0.3 is 5.11 Å². The molecule has 0 radical (unpaired) electrons. The molecule has 3 unspecified atom stereocenters. The van der Waals surface area contributed by atoms with Crippen LogP contribution in [0.3, 0.4) is 0 Å². The van der Waals surface area contributed by atoms with Crippen LogP contribution >= 0.6 is 0 Å². The Kier molecular flexibility index (Phi) is 4.62. The van der Waals surface area contributed by atoms with Gasteiger partial charge in [0, 0.05) is 0 Å². The summed E-state index contributed by atoms with van der Waals surface area (Å²) < 4.78 is 0. The fourth-order valence-corrected chi connectivity index (χ4v) is 2.69. The lowest BCUT2D eigenvalue weighted by Crippen LogP contribution is -2.30. The Hall–Kier alpha value is -0.530. The molecule has 0 aromatic heterocycles. The van der Waals surface area contributed by atoms with Crippen molar-refractivity contribution in [2.75, 3.05) is 0 Å². The third kappa shape index (κ3) is 3.84. The van der Waals surface area contributed by atoms with Gasteiger partial charge in [-0.1, -0.05) is 27.2 Å². The van der Waals surface area contributed by atoms with E-state index in [9.17, 15) is 4.79 Å². The predicted octanol–water partition coefficient (Wildman–Crippen LogP) is 3.56. The van der Waals surface area contributed by atoms with Gasteiger partial charge >= 0.3 is 5.97 Å². The Bertz CT molecular complexity index is 211. The second-order valence-electron chi connectivity index (χ2n) is 5.59. The molecule has 1 rings (SSSR count). The van der Waals surface area contributed by atoms with Crippen molar-refractivity contribution in [3.8, 4) is 0 Å². The van der Waals surface area contributed by atoms with Crippen LogP contribution in [-0.4, -0.2) is 11.1 Å². The summed E-state index contributed by atoms with van der Waals surface area (Å²) >= 11 is 0. The van der Waals surface area contributed by atoms with Gasteiger partial charge in [0.05, 0.1) is 5.92 Å². The maximum absolute atomic E-state index is 11.1. The predicted molar refractivity (Wildman–Crippen MR) is 61.7 cm³/mol. The smallest absolute Gasteiger partial charge is 0.306 e. The summed E-state index contributed by atoms with van der Waals surface area (Å²) in [6.45, 7) is 6.67. The van der Waals surface area contributed by atoms with Crippen LogP contribution in [0.25, 0.3) is 0 Å². The van der Waals surface area contributed by atoms with Crippen molar-refractivity contribution in [2.24, 2.45) is 23.7 Å². The summed E-state index contributed by atoms with van der Waals surface area (Å²) in [5.74, 6) is 1.19. The highest BCUT2D eigenvalue weighted by Gasteiger charge is 2.33. The maximum Gasteiger partial charge on any atom is 0.306 e. The van der Waals surface area contributed by atoms with Crippen molar-refractivity contribution in [3.63, 3.8) is 0 Å². The Morgan fingerprint density at radius 1 is 1.40 bits per heavy atom. The molecule has 88 valence electrons. The highest BCUT2D eigenvalue weighted by atomic mass is 16.4. The third-order valence-electron chi connectivity index (χ3n) is 3.68. The van der Waals surface area contributed by atoms with Crippen molar-refractivity contribution in [2.45, 2.75) is 52.9 Å². The number of hydrogen-bond donors (Lipinski definition) is 1. The summed E-state index contributed by atoms with van der Waals surface area (Å²) in [6.07, 6.45) is 5.36. The molecule has 0 bridgehead atoms. The van der Waals surface area contributed by atoms with Crippen LogP contribution in [0.1, 0.15) is 52.9 Å². The van der Waals surface area contributed by atoms with E-state index in [4.69, 9.17) is 5.11 Å². The van der Waals surface area contributed by atoms with Crippen molar-refractivity contribution in [3.05, 3.63) is 0 Å². The Labute approximate surface area is 93.1 Å². The van der Waals surface area contributed by atoms with Crippen molar-refractivity contribution >= 4 is 5.97 Å². The van der Waals surface area contributed by atoms with Crippen LogP contribution in [0.4, 0.5) is 0 Å². The van der Waals surface area contributed by atoms with Crippen LogP contribution in [0.15, 0.2) is 0 Å². The standard InChI is InChI=1S/C13H24O2/c1-9(2)4-6-11-8-10(3)5-7-12(11)13(14)15/h9-12H,4-8H2,1-3H3,(H,14,15). The third-order valence-corrected chi connectivity index (χ3v) is 3.68. The van der Waals surface area contributed by atoms with Gasteiger partial charge in [0.25, 0.3) is 0 Å². The Morgan fingerprint density at radius 3 is 2.60 bits per heavy atom. The van der Waals surface area contributed by atoms with Gasteiger partial charge in [-0.15, -0.1) is 0 Å². The van der Waals surface area contributed by atoms with E-state index in [0.29, 0.717) is 11.8 Å². The molecule has 0 saturated heterocycles. The van der Waals surface area contributed by atoms with Crippen LogP contribution in [-0.2, 0) is 4.79 Å². The number of hydrogen-bond acceptors (Lipinski definition) is 1. The molecule has 0 aliphatic heterocycles. The average Bonchev–Trinajstić information content (AvgIpc) is 2.14. The van der Waals surface area contributed by atoms with Gasteiger partial charge in [0.2, 0.25) is 0 Å². The molecule has 0 aromatic rings. The minimum atomic E-state index is -0.573. The zero-order valence-electron chi connectivity index (χ0n) is 10.2. The average molecular weight is 212 g/mol. The molecule has 0 amide bonds. The number of carbonyl (C=O) groups is 1. The highest BCUT2D eigenvalue weighted by Crippen LogP contribution is 2.37. The molecule has 1 aliphatic carbocycles. The maximum atomic E-state index is 11.1. The molecule has 15 heavy (non-hydrogen) atoms. The lowest BCUT2D eigenvalue weighted by molar-refractivity contribution is -0.145. The van der Waals surface area contributed by atoms with Gasteiger partial charge in [-0.05, 0) is 43.4 Å². The van der Waals surface area contributed by atoms with Gasteiger partial charge in [-0.3, -0.25) is 4.79 Å².